The molecule has 0 radical (unpaired) electrons. The van der Waals surface area contributed by atoms with E-state index in [-0.39, 0.29) is 25.3 Å². The Morgan fingerprint density at radius 1 is 1.57 bits per heavy atom. The van der Waals surface area contributed by atoms with Gasteiger partial charge in [0, 0.05) is 5.92 Å². The summed E-state index contributed by atoms with van der Waals surface area (Å²) in [6.45, 7) is 3.53. The molecule has 0 aliphatic carbocycles. The molecule has 0 fully saturated rings. The molecule has 0 bridgehead atoms. The third kappa shape index (κ3) is 5.82. The summed E-state index contributed by atoms with van der Waals surface area (Å²) in [6, 6.07) is 0. The molecule has 0 rings (SSSR count). The lowest BCUT2D eigenvalue weighted by Gasteiger charge is -1.90. The molecule has 0 saturated heterocycles. The fraction of sp³-hybridized carbons (Fsp3) is 0.750. The first-order valence-electron chi connectivity index (χ1n) is 1.94. The number of carbonyl (C=O) groups excluding carboxylic acids is 1. The van der Waals surface area contributed by atoms with Gasteiger partial charge in [-0.2, -0.15) is 13.5 Å². The number of amides is 1. The van der Waals surface area contributed by atoms with E-state index in [2.05, 4.69) is 0 Å². The maximum absolute atomic E-state index is 9.92. The van der Waals surface area contributed by atoms with Gasteiger partial charge in [-0.05, 0) is 0 Å². The van der Waals surface area contributed by atoms with E-state index in [9.17, 15) is 4.79 Å². The third-order valence-corrected chi connectivity index (χ3v) is 0.569. The van der Waals surface area contributed by atoms with Crippen LogP contribution in [0, 0.1) is 5.92 Å². The van der Waals surface area contributed by atoms with Gasteiger partial charge in [0.05, 0.1) is 0 Å². The highest BCUT2D eigenvalue weighted by Gasteiger charge is 1.96. The van der Waals surface area contributed by atoms with Crippen LogP contribution < -0.4 is 5.73 Å². The monoisotopic (exact) mass is 121 g/mol. The van der Waals surface area contributed by atoms with E-state index >= 15 is 0 Å². The third-order valence-electron chi connectivity index (χ3n) is 0.569. The largest absolute Gasteiger partial charge is 0.369 e. The standard InChI is InChI=1S/C4H9NO.H2S/c1-3(2)4(5)6;/h3H,1-2H3,(H2,5,6);1H2. The van der Waals surface area contributed by atoms with Crippen molar-refractivity contribution in [3.05, 3.63) is 0 Å². The van der Waals surface area contributed by atoms with Crippen LogP contribution in [-0.4, -0.2) is 5.91 Å². The van der Waals surface area contributed by atoms with E-state index in [0.717, 1.165) is 0 Å². The van der Waals surface area contributed by atoms with Gasteiger partial charge in [-0.25, -0.2) is 0 Å². The average molecular weight is 121 g/mol. The molecule has 3 heteroatoms. The molecule has 0 unspecified atom stereocenters. The number of primary amides is 1. The second-order valence-corrected chi connectivity index (χ2v) is 1.56. The minimum absolute atomic E-state index is 0. The van der Waals surface area contributed by atoms with Crippen LogP contribution in [0.1, 0.15) is 13.8 Å². The molecule has 7 heavy (non-hydrogen) atoms. The second kappa shape index (κ2) is 3.99. The molecule has 2 nitrogen and oxygen atoms in total. The second-order valence-electron chi connectivity index (χ2n) is 1.56. The lowest BCUT2D eigenvalue weighted by molar-refractivity contribution is -0.120. The number of hydrogen-bond acceptors (Lipinski definition) is 1. The Bertz CT molecular complexity index is 62.7. The summed E-state index contributed by atoms with van der Waals surface area (Å²) in [5.74, 6) is -0.250. The van der Waals surface area contributed by atoms with Gasteiger partial charge in [-0.3, -0.25) is 4.79 Å². The van der Waals surface area contributed by atoms with Gasteiger partial charge >= 0.3 is 0 Å². The first-order chi connectivity index (χ1) is 2.64. The molecular formula is C4H11NOS. The van der Waals surface area contributed by atoms with Gasteiger partial charge in [0.25, 0.3) is 0 Å². The molecule has 0 aromatic carbocycles. The van der Waals surface area contributed by atoms with Crippen molar-refractivity contribution < 1.29 is 4.79 Å². The molecule has 1 amide bonds. The van der Waals surface area contributed by atoms with Crippen LogP contribution in [0.2, 0.25) is 0 Å². The summed E-state index contributed by atoms with van der Waals surface area (Å²) in [5.41, 5.74) is 4.80. The van der Waals surface area contributed by atoms with Crippen LogP contribution in [0.5, 0.6) is 0 Å². The summed E-state index contributed by atoms with van der Waals surface area (Å²) in [7, 11) is 0. The Morgan fingerprint density at radius 3 is 1.71 bits per heavy atom. The minimum atomic E-state index is -0.241. The summed E-state index contributed by atoms with van der Waals surface area (Å²) in [5, 5.41) is 0. The van der Waals surface area contributed by atoms with E-state index in [0.29, 0.717) is 0 Å². The molecule has 0 spiro atoms. The smallest absolute Gasteiger partial charge is 0.219 e. The highest BCUT2D eigenvalue weighted by atomic mass is 32.1. The molecule has 0 heterocycles. The Hall–Kier alpha value is -0.180. The maximum atomic E-state index is 9.92. The Morgan fingerprint density at radius 2 is 1.71 bits per heavy atom. The molecule has 0 atom stereocenters. The zero-order valence-corrected chi connectivity index (χ0v) is 5.56. The molecular weight excluding hydrogens is 110 g/mol. The van der Waals surface area contributed by atoms with Crippen molar-refractivity contribution >= 4 is 19.4 Å². The topological polar surface area (TPSA) is 43.1 Å². The Balaban J connectivity index is 0. The maximum Gasteiger partial charge on any atom is 0.219 e. The van der Waals surface area contributed by atoms with Crippen molar-refractivity contribution in [2.24, 2.45) is 11.7 Å². The lowest BCUT2D eigenvalue weighted by Crippen LogP contribution is -2.17. The summed E-state index contributed by atoms with van der Waals surface area (Å²) in [4.78, 5) is 9.92. The lowest BCUT2D eigenvalue weighted by atomic mass is 10.2. The van der Waals surface area contributed by atoms with Gasteiger partial charge in [0.1, 0.15) is 0 Å². The van der Waals surface area contributed by atoms with E-state index in [1.807, 2.05) is 0 Å². The van der Waals surface area contributed by atoms with E-state index in [4.69, 9.17) is 5.73 Å². The predicted molar refractivity (Wildman–Crippen MR) is 34.4 cm³/mol. The first kappa shape index (κ1) is 9.94. The van der Waals surface area contributed by atoms with Gasteiger partial charge in [0.15, 0.2) is 0 Å². The SMILES string of the molecule is CC(C)C(N)=O.S. The predicted octanol–water partition coefficient (Wildman–Crippen LogP) is 0.240. The van der Waals surface area contributed by atoms with Crippen LogP contribution in [0.4, 0.5) is 0 Å². The van der Waals surface area contributed by atoms with Crippen LogP contribution in [0.25, 0.3) is 0 Å². The Kier molecular flexibility index (Phi) is 5.67. The number of hydrogen-bond donors (Lipinski definition) is 1. The minimum Gasteiger partial charge on any atom is -0.369 e. The molecule has 0 saturated carbocycles. The number of carbonyl (C=O) groups is 1. The zero-order chi connectivity index (χ0) is 5.15. The zero-order valence-electron chi connectivity index (χ0n) is 4.56. The van der Waals surface area contributed by atoms with Gasteiger partial charge < -0.3 is 5.73 Å². The highest BCUT2D eigenvalue weighted by Crippen LogP contribution is 1.84. The number of rotatable bonds is 1. The number of nitrogens with two attached hydrogens (primary N) is 1. The van der Waals surface area contributed by atoms with Crippen LogP contribution in [0.3, 0.4) is 0 Å². The van der Waals surface area contributed by atoms with Crippen LogP contribution in [-0.2, 0) is 4.79 Å². The molecule has 0 aromatic rings. The van der Waals surface area contributed by atoms with Gasteiger partial charge in [-0.15, -0.1) is 0 Å². The Labute approximate surface area is 50.5 Å². The molecule has 0 aliphatic heterocycles. The van der Waals surface area contributed by atoms with Gasteiger partial charge in [0.2, 0.25) is 5.91 Å². The van der Waals surface area contributed by atoms with Crippen molar-refractivity contribution in [2.45, 2.75) is 13.8 Å². The van der Waals surface area contributed by atoms with Crippen molar-refractivity contribution in [1.29, 1.82) is 0 Å². The van der Waals surface area contributed by atoms with Crippen LogP contribution >= 0.6 is 13.5 Å². The summed E-state index contributed by atoms with van der Waals surface area (Å²) >= 11 is 0. The van der Waals surface area contributed by atoms with Crippen molar-refractivity contribution in [3.8, 4) is 0 Å². The van der Waals surface area contributed by atoms with E-state index in [1.165, 1.54) is 0 Å². The summed E-state index contributed by atoms with van der Waals surface area (Å²) < 4.78 is 0. The first-order valence-corrected chi connectivity index (χ1v) is 1.94. The average Bonchev–Trinajstić information content (AvgIpc) is 1.36. The fourth-order valence-corrected chi connectivity index (χ4v) is 0. The van der Waals surface area contributed by atoms with Crippen molar-refractivity contribution in [1.82, 2.24) is 0 Å². The highest BCUT2D eigenvalue weighted by molar-refractivity contribution is 7.59. The molecule has 44 valence electrons. The summed E-state index contributed by atoms with van der Waals surface area (Å²) in [6.07, 6.45) is 0. The van der Waals surface area contributed by atoms with Crippen molar-refractivity contribution in [2.75, 3.05) is 0 Å². The fourth-order valence-electron chi connectivity index (χ4n) is 0. The normalized spacial score (nSPS) is 7.86. The van der Waals surface area contributed by atoms with Gasteiger partial charge in [-0.1, -0.05) is 13.8 Å². The van der Waals surface area contributed by atoms with Crippen molar-refractivity contribution in [3.63, 3.8) is 0 Å². The molecule has 0 aromatic heterocycles. The van der Waals surface area contributed by atoms with E-state index < -0.39 is 0 Å². The quantitative estimate of drug-likeness (QED) is 0.530. The van der Waals surface area contributed by atoms with Crippen LogP contribution in [0.15, 0.2) is 0 Å². The molecule has 0 aliphatic rings. The van der Waals surface area contributed by atoms with E-state index in [1.54, 1.807) is 13.8 Å². The molecule has 2 N–H and O–H groups in total.